The van der Waals surface area contributed by atoms with Gasteiger partial charge in [-0.05, 0) is 75.4 Å². The highest BCUT2D eigenvalue weighted by atomic mass is 35.5. The lowest BCUT2D eigenvalue weighted by Gasteiger charge is -2.24. The molecule has 1 fully saturated rings. The van der Waals surface area contributed by atoms with Crippen LogP contribution in [0.2, 0.25) is 10.0 Å². The maximum absolute atomic E-state index is 13.1. The molecule has 0 saturated heterocycles. The molecule has 1 aliphatic carbocycles. The molecule has 1 aliphatic rings. The van der Waals surface area contributed by atoms with Gasteiger partial charge < -0.3 is 39.5 Å². The number of carbonyl (C=O) groups excluding carboxylic acids is 1. The minimum absolute atomic E-state index is 0.00419. The van der Waals surface area contributed by atoms with Crippen molar-refractivity contribution in [1.29, 1.82) is 0 Å². The first-order chi connectivity index (χ1) is 21.5. The first kappa shape index (κ1) is 35.8. The summed E-state index contributed by atoms with van der Waals surface area (Å²) < 4.78 is 53.9. The van der Waals surface area contributed by atoms with E-state index >= 15 is 0 Å². The van der Waals surface area contributed by atoms with Crippen LogP contribution in [-0.2, 0) is 11.1 Å². The third-order valence-electron chi connectivity index (χ3n) is 6.74. The van der Waals surface area contributed by atoms with Crippen LogP contribution in [0.15, 0.2) is 48.8 Å². The van der Waals surface area contributed by atoms with Crippen LogP contribution in [0.1, 0.15) is 61.2 Å². The van der Waals surface area contributed by atoms with Gasteiger partial charge in [0, 0.05) is 17.6 Å². The van der Waals surface area contributed by atoms with Crippen LogP contribution >= 0.6 is 31.0 Å². The molecule has 1 saturated carbocycles. The molecule has 1 aromatic heterocycles. The standard InChI is InChI=1S/C30H34Cl2F2N3O8P/c1-30(2,3)35-12-23(38)18-6-7-20(25(10-18)45-46(40,41)42)13-37-14-21(31)27(22(32)15-37)36-28(39)19-8-9-24(44-29(33)34)26(11-19)43-16-17-4-5-17/h6-11,14-15,17,23,29,35,38H,4-5,12-13,16H2,1-3H3,(H2,40,41,42). The molecule has 11 nitrogen and oxygen atoms in total. The largest absolute Gasteiger partial charge is 0.746 e. The van der Waals surface area contributed by atoms with Gasteiger partial charge in [-0.15, -0.1) is 0 Å². The first-order valence-corrected chi connectivity index (χ1v) is 16.4. The van der Waals surface area contributed by atoms with E-state index in [4.69, 9.17) is 32.5 Å². The van der Waals surface area contributed by atoms with Crippen LogP contribution < -0.4 is 34.1 Å². The molecule has 2 aromatic carbocycles. The lowest BCUT2D eigenvalue weighted by molar-refractivity contribution is -0.688. The smallest absolute Gasteiger partial charge is 0.387 e. The Morgan fingerprint density at radius 2 is 1.78 bits per heavy atom. The third kappa shape index (κ3) is 10.8. The number of aliphatic hydroxyl groups is 1. The van der Waals surface area contributed by atoms with Gasteiger partial charge in [-0.1, -0.05) is 29.3 Å². The van der Waals surface area contributed by atoms with E-state index in [1.807, 2.05) is 20.8 Å². The van der Waals surface area contributed by atoms with E-state index in [0.29, 0.717) is 23.7 Å². The quantitative estimate of drug-likeness (QED) is 0.131. The molecule has 1 heterocycles. The van der Waals surface area contributed by atoms with Crippen molar-refractivity contribution in [2.75, 3.05) is 18.5 Å². The molecule has 0 radical (unpaired) electrons. The Morgan fingerprint density at radius 3 is 2.37 bits per heavy atom. The van der Waals surface area contributed by atoms with Crippen molar-refractivity contribution in [3.05, 3.63) is 75.5 Å². The number of alkyl halides is 2. The number of rotatable bonds is 14. The van der Waals surface area contributed by atoms with Crippen molar-refractivity contribution in [2.24, 2.45) is 5.92 Å². The topological polar surface area (TPSA) is 153 Å². The second-order valence-electron chi connectivity index (χ2n) is 11.8. The number of hydrogen-bond acceptors (Lipinski definition) is 8. The summed E-state index contributed by atoms with van der Waals surface area (Å²) in [5.41, 5.74) is 0.490. The number of nitrogens with zero attached hydrogens (tertiary/aromatic N) is 1. The lowest BCUT2D eigenvalue weighted by Crippen LogP contribution is -2.38. The molecule has 4 N–H and O–H groups in total. The number of ether oxygens (including phenoxy) is 2. The van der Waals surface area contributed by atoms with Crippen molar-refractivity contribution < 1.29 is 51.6 Å². The first-order valence-electron chi connectivity index (χ1n) is 14.2. The number of aliphatic hydroxyl groups excluding tert-OH is 1. The second kappa shape index (κ2) is 14.8. The van der Waals surface area contributed by atoms with Gasteiger partial charge >= 0.3 is 14.4 Å². The van der Waals surface area contributed by atoms with Crippen LogP contribution in [0, 0.1) is 5.92 Å². The number of amides is 1. The fourth-order valence-electron chi connectivity index (χ4n) is 4.25. The van der Waals surface area contributed by atoms with Crippen molar-refractivity contribution >= 4 is 42.6 Å². The molecule has 46 heavy (non-hydrogen) atoms. The summed E-state index contributed by atoms with van der Waals surface area (Å²) in [5, 5.41) is 16.4. The normalized spacial score (nSPS) is 15.3. The lowest BCUT2D eigenvalue weighted by atomic mass is 10.0. The molecule has 0 aliphatic heterocycles. The fourth-order valence-corrected chi connectivity index (χ4v) is 5.27. The molecule has 2 unspecified atom stereocenters. The SMILES string of the molecule is CC(C)(C)NCC(O)c1ccc(C[n+]2cc(Cl)c(NC(=O)c3ccc(OC(F)F)c(OCC4CC4)c3)c(Cl)c2)c(OP(=O)([O-])O)c1. The van der Waals surface area contributed by atoms with Gasteiger partial charge in [0.25, 0.3) is 5.91 Å². The predicted octanol–water partition coefficient (Wildman–Crippen LogP) is 5.23. The highest BCUT2D eigenvalue weighted by Gasteiger charge is 2.25. The van der Waals surface area contributed by atoms with Gasteiger partial charge in [0.1, 0.15) is 15.8 Å². The summed E-state index contributed by atoms with van der Waals surface area (Å²) in [7, 11) is -5.21. The number of anilines is 1. The van der Waals surface area contributed by atoms with Crippen molar-refractivity contribution in [3.8, 4) is 17.2 Å². The number of phosphoric ester groups is 1. The van der Waals surface area contributed by atoms with Gasteiger partial charge in [0.15, 0.2) is 30.4 Å². The van der Waals surface area contributed by atoms with E-state index in [9.17, 15) is 33.0 Å². The number of benzene rings is 2. The summed E-state index contributed by atoms with van der Waals surface area (Å²) in [4.78, 5) is 34.1. The zero-order valence-electron chi connectivity index (χ0n) is 25.1. The molecule has 1 amide bonds. The average molecular weight is 704 g/mol. The molecule has 3 aromatic rings. The van der Waals surface area contributed by atoms with Crippen LogP contribution in [0.3, 0.4) is 0 Å². The molecule has 0 bridgehead atoms. The summed E-state index contributed by atoms with van der Waals surface area (Å²) in [6.45, 7) is 3.14. The molecule has 2 atom stereocenters. The van der Waals surface area contributed by atoms with Gasteiger partial charge in [-0.25, -0.2) is 0 Å². The highest BCUT2D eigenvalue weighted by Crippen LogP contribution is 2.38. The predicted molar refractivity (Wildman–Crippen MR) is 165 cm³/mol. The second-order valence-corrected chi connectivity index (χ2v) is 13.8. The number of pyridine rings is 1. The number of aromatic nitrogens is 1. The Morgan fingerprint density at radius 1 is 1.11 bits per heavy atom. The van der Waals surface area contributed by atoms with Crippen LogP contribution in [0.25, 0.3) is 0 Å². The van der Waals surface area contributed by atoms with E-state index in [2.05, 4.69) is 15.4 Å². The number of β-amino-alcohol motifs (C(OH)–C–C–N with tert-alkyl or cyclic N) is 1. The summed E-state index contributed by atoms with van der Waals surface area (Å²) >= 11 is 12.9. The van der Waals surface area contributed by atoms with Crippen LogP contribution in [0.4, 0.5) is 14.5 Å². The maximum Gasteiger partial charge on any atom is 0.387 e. The van der Waals surface area contributed by atoms with Crippen molar-refractivity contribution in [1.82, 2.24) is 5.32 Å². The Bertz CT molecular complexity index is 1590. The van der Waals surface area contributed by atoms with Gasteiger partial charge in [0.05, 0.1) is 24.0 Å². The van der Waals surface area contributed by atoms with E-state index in [0.717, 1.165) is 12.8 Å². The molecular weight excluding hydrogens is 670 g/mol. The van der Waals surface area contributed by atoms with Gasteiger partial charge in [0.2, 0.25) is 0 Å². The molecular formula is C30H34Cl2F2N3O8P. The average Bonchev–Trinajstić information content (AvgIpc) is 3.77. The number of hydrogen-bond donors (Lipinski definition) is 4. The van der Waals surface area contributed by atoms with E-state index in [1.165, 1.54) is 47.3 Å². The fraction of sp³-hybridized carbons (Fsp3) is 0.400. The number of carbonyl (C=O) groups is 1. The zero-order valence-corrected chi connectivity index (χ0v) is 27.5. The zero-order chi connectivity index (χ0) is 33.8. The number of nitrogens with one attached hydrogen (secondary N) is 2. The molecule has 16 heteroatoms. The Hall–Kier alpha value is -3.03. The highest BCUT2D eigenvalue weighted by molar-refractivity contribution is 7.45. The van der Waals surface area contributed by atoms with Crippen molar-refractivity contribution in [2.45, 2.75) is 58.4 Å². The van der Waals surface area contributed by atoms with E-state index in [-0.39, 0.29) is 57.2 Å². The minimum atomic E-state index is -5.21. The Kier molecular flexibility index (Phi) is 11.5. The Labute approximate surface area is 274 Å². The number of halogens is 4. The molecule has 250 valence electrons. The van der Waals surface area contributed by atoms with Gasteiger partial charge in [-0.3, -0.25) is 9.36 Å². The summed E-state index contributed by atoms with van der Waals surface area (Å²) in [6.07, 6.45) is 3.77. The monoisotopic (exact) mass is 703 g/mol. The van der Waals surface area contributed by atoms with E-state index < -0.39 is 26.4 Å². The number of phosphoric acid groups is 1. The van der Waals surface area contributed by atoms with Crippen LogP contribution in [-0.4, -0.2) is 41.2 Å². The van der Waals surface area contributed by atoms with Crippen molar-refractivity contribution in [3.63, 3.8) is 0 Å². The minimum Gasteiger partial charge on any atom is -0.746 e. The summed E-state index contributed by atoms with van der Waals surface area (Å²) in [6, 6.07) is 8.21. The van der Waals surface area contributed by atoms with Gasteiger partial charge in [-0.2, -0.15) is 13.3 Å². The summed E-state index contributed by atoms with van der Waals surface area (Å²) in [5.74, 6) is -0.756. The molecule has 4 rings (SSSR count). The Balaban J connectivity index is 1.53. The third-order valence-corrected chi connectivity index (χ3v) is 7.74. The van der Waals surface area contributed by atoms with E-state index in [1.54, 1.807) is 6.07 Å². The maximum atomic E-state index is 13.1. The van der Waals surface area contributed by atoms with Crippen LogP contribution in [0.5, 0.6) is 17.2 Å². The molecule has 0 spiro atoms.